The maximum Gasteiger partial charge on any atom is 0.0249 e. The number of rotatable bonds is 3. The normalized spacial score (nSPS) is 35.7. The highest BCUT2D eigenvalue weighted by atomic mass is 15.2. The van der Waals surface area contributed by atoms with Crippen LogP contribution in [0.4, 0.5) is 0 Å². The van der Waals surface area contributed by atoms with Gasteiger partial charge in [0.25, 0.3) is 0 Å². The van der Waals surface area contributed by atoms with Crippen LogP contribution in [0.15, 0.2) is 0 Å². The van der Waals surface area contributed by atoms with E-state index in [1.807, 2.05) is 0 Å². The summed E-state index contributed by atoms with van der Waals surface area (Å²) in [6, 6.07) is 1.87. The average molecular weight is 252 g/mol. The molecule has 2 fully saturated rings. The average Bonchev–Trinajstić information content (AvgIpc) is 2.67. The standard InChI is InChI=1S/C16H32N2/c1-3-13-10-11-15(17)16(12-13)18(2)14-8-6-4-5-7-9-14/h13-16H,3-12,17H2,1-2H3. The lowest BCUT2D eigenvalue weighted by Gasteiger charge is -2.43. The Labute approximate surface area is 113 Å². The number of nitrogens with two attached hydrogens (primary N) is 1. The first-order chi connectivity index (χ1) is 8.72. The molecule has 2 N–H and O–H groups in total. The maximum absolute atomic E-state index is 6.40. The highest BCUT2D eigenvalue weighted by molar-refractivity contribution is 4.90. The number of hydrogen-bond donors (Lipinski definition) is 1. The molecule has 3 atom stereocenters. The van der Waals surface area contributed by atoms with Crippen molar-refractivity contribution in [3.05, 3.63) is 0 Å². The van der Waals surface area contributed by atoms with Gasteiger partial charge in [-0.05, 0) is 45.1 Å². The van der Waals surface area contributed by atoms with Gasteiger partial charge >= 0.3 is 0 Å². The predicted molar refractivity (Wildman–Crippen MR) is 78.6 cm³/mol. The molecule has 0 spiro atoms. The SMILES string of the molecule is CCC1CCC(N)C(N(C)C2CCCCCC2)C1. The van der Waals surface area contributed by atoms with E-state index < -0.39 is 0 Å². The smallest absolute Gasteiger partial charge is 0.0249 e. The van der Waals surface area contributed by atoms with Crippen LogP contribution in [0, 0.1) is 5.92 Å². The summed E-state index contributed by atoms with van der Waals surface area (Å²) in [7, 11) is 2.35. The first-order valence-corrected chi connectivity index (χ1v) is 8.20. The van der Waals surface area contributed by atoms with E-state index in [4.69, 9.17) is 5.73 Å². The van der Waals surface area contributed by atoms with Crippen LogP contribution in [0.3, 0.4) is 0 Å². The summed E-state index contributed by atoms with van der Waals surface area (Å²) < 4.78 is 0. The Morgan fingerprint density at radius 3 is 2.28 bits per heavy atom. The molecule has 3 unspecified atom stereocenters. The second kappa shape index (κ2) is 6.91. The molecule has 0 saturated heterocycles. The van der Waals surface area contributed by atoms with Gasteiger partial charge in [-0.2, -0.15) is 0 Å². The van der Waals surface area contributed by atoms with E-state index in [1.54, 1.807) is 0 Å². The van der Waals surface area contributed by atoms with Gasteiger partial charge in [-0.25, -0.2) is 0 Å². The van der Waals surface area contributed by atoms with E-state index in [-0.39, 0.29) is 0 Å². The topological polar surface area (TPSA) is 29.3 Å². The molecule has 0 aliphatic heterocycles. The lowest BCUT2D eigenvalue weighted by Crippen LogP contribution is -2.53. The highest BCUT2D eigenvalue weighted by Crippen LogP contribution is 2.32. The molecule has 0 bridgehead atoms. The van der Waals surface area contributed by atoms with Crippen molar-refractivity contribution >= 4 is 0 Å². The Bertz CT molecular complexity index is 233. The maximum atomic E-state index is 6.40. The van der Waals surface area contributed by atoms with E-state index in [9.17, 15) is 0 Å². The molecule has 0 aromatic heterocycles. The van der Waals surface area contributed by atoms with Gasteiger partial charge in [0.15, 0.2) is 0 Å². The molecule has 0 aromatic rings. The minimum atomic E-state index is 0.418. The Morgan fingerprint density at radius 1 is 1.00 bits per heavy atom. The van der Waals surface area contributed by atoms with Crippen LogP contribution in [0.1, 0.15) is 71.1 Å². The third-order valence-electron chi connectivity index (χ3n) is 5.48. The van der Waals surface area contributed by atoms with Crippen LogP contribution in [0.25, 0.3) is 0 Å². The molecule has 2 rings (SSSR count). The van der Waals surface area contributed by atoms with Gasteiger partial charge in [-0.3, -0.25) is 4.90 Å². The fourth-order valence-electron chi connectivity index (χ4n) is 4.03. The Hall–Kier alpha value is -0.0800. The molecule has 2 aliphatic carbocycles. The van der Waals surface area contributed by atoms with Crippen LogP contribution >= 0.6 is 0 Å². The number of nitrogens with zero attached hydrogens (tertiary/aromatic N) is 1. The molecular weight excluding hydrogens is 220 g/mol. The minimum absolute atomic E-state index is 0.418. The molecule has 2 saturated carbocycles. The van der Waals surface area contributed by atoms with Crippen molar-refractivity contribution in [2.24, 2.45) is 11.7 Å². The molecular formula is C16H32N2. The second-order valence-corrected chi connectivity index (χ2v) is 6.63. The number of hydrogen-bond acceptors (Lipinski definition) is 2. The van der Waals surface area contributed by atoms with Gasteiger partial charge in [0.05, 0.1) is 0 Å². The zero-order chi connectivity index (χ0) is 13.0. The number of likely N-dealkylation sites (N-methyl/N-ethyl adjacent to an activating group) is 1. The zero-order valence-corrected chi connectivity index (χ0v) is 12.4. The van der Waals surface area contributed by atoms with Gasteiger partial charge < -0.3 is 5.73 Å². The Morgan fingerprint density at radius 2 is 1.67 bits per heavy atom. The monoisotopic (exact) mass is 252 g/mol. The fourth-order valence-corrected chi connectivity index (χ4v) is 4.03. The molecule has 18 heavy (non-hydrogen) atoms. The van der Waals surface area contributed by atoms with Gasteiger partial charge in [0, 0.05) is 18.1 Å². The highest BCUT2D eigenvalue weighted by Gasteiger charge is 2.33. The van der Waals surface area contributed by atoms with E-state index in [0.717, 1.165) is 12.0 Å². The fraction of sp³-hybridized carbons (Fsp3) is 1.00. The molecule has 0 amide bonds. The quantitative estimate of drug-likeness (QED) is 0.778. The van der Waals surface area contributed by atoms with Crippen molar-refractivity contribution in [3.8, 4) is 0 Å². The Kier molecular flexibility index (Phi) is 5.50. The van der Waals surface area contributed by atoms with Crippen LogP contribution in [-0.4, -0.2) is 30.1 Å². The molecule has 106 valence electrons. The first-order valence-electron chi connectivity index (χ1n) is 8.20. The molecule has 0 aromatic carbocycles. The van der Waals surface area contributed by atoms with Crippen LogP contribution in [0.2, 0.25) is 0 Å². The van der Waals surface area contributed by atoms with Crippen molar-refractivity contribution in [2.75, 3.05) is 7.05 Å². The van der Waals surface area contributed by atoms with Crippen molar-refractivity contribution < 1.29 is 0 Å². The van der Waals surface area contributed by atoms with E-state index in [2.05, 4.69) is 18.9 Å². The van der Waals surface area contributed by atoms with Crippen LogP contribution in [-0.2, 0) is 0 Å². The molecule has 2 aliphatic rings. The summed E-state index contributed by atoms with van der Waals surface area (Å²) in [5.74, 6) is 0.919. The van der Waals surface area contributed by atoms with E-state index in [1.165, 1.54) is 64.2 Å². The lowest BCUT2D eigenvalue weighted by molar-refractivity contribution is 0.0883. The summed E-state index contributed by atoms with van der Waals surface area (Å²) in [5.41, 5.74) is 6.40. The van der Waals surface area contributed by atoms with E-state index >= 15 is 0 Å². The van der Waals surface area contributed by atoms with Crippen LogP contribution in [0.5, 0.6) is 0 Å². The molecule has 2 nitrogen and oxygen atoms in total. The Balaban J connectivity index is 1.94. The third-order valence-corrected chi connectivity index (χ3v) is 5.48. The molecule has 0 radical (unpaired) electrons. The zero-order valence-electron chi connectivity index (χ0n) is 12.4. The minimum Gasteiger partial charge on any atom is -0.326 e. The van der Waals surface area contributed by atoms with Gasteiger partial charge in [0.2, 0.25) is 0 Å². The predicted octanol–water partition coefficient (Wildman–Crippen LogP) is 3.55. The summed E-state index contributed by atoms with van der Waals surface area (Å²) in [4.78, 5) is 2.66. The van der Waals surface area contributed by atoms with Crippen molar-refractivity contribution in [2.45, 2.75) is 89.3 Å². The van der Waals surface area contributed by atoms with Crippen molar-refractivity contribution in [1.29, 1.82) is 0 Å². The van der Waals surface area contributed by atoms with Crippen LogP contribution < -0.4 is 5.73 Å². The summed E-state index contributed by atoms with van der Waals surface area (Å²) in [6.07, 6.45) is 13.8. The lowest BCUT2D eigenvalue weighted by atomic mass is 9.80. The van der Waals surface area contributed by atoms with Crippen molar-refractivity contribution in [3.63, 3.8) is 0 Å². The first kappa shape index (κ1) is 14.3. The van der Waals surface area contributed by atoms with Gasteiger partial charge in [-0.15, -0.1) is 0 Å². The third kappa shape index (κ3) is 3.48. The molecule has 2 heteroatoms. The van der Waals surface area contributed by atoms with Crippen molar-refractivity contribution in [1.82, 2.24) is 4.90 Å². The largest absolute Gasteiger partial charge is 0.326 e. The molecule has 0 heterocycles. The van der Waals surface area contributed by atoms with E-state index in [0.29, 0.717) is 12.1 Å². The van der Waals surface area contributed by atoms with Gasteiger partial charge in [0.1, 0.15) is 0 Å². The summed E-state index contributed by atoms with van der Waals surface area (Å²) in [6.45, 7) is 2.34. The summed E-state index contributed by atoms with van der Waals surface area (Å²) in [5, 5.41) is 0. The van der Waals surface area contributed by atoms with Gasteiger partial charge in [-0.1, -0.05) is 39.0 Å². The second-order valence-electron chi connectivity index (χ2n) is 6.63. The summed E-state index contributed by atoms with van der Waals surface area (Å²) >= 11 is 0.